The zero-order valence-corrected chi connectivity index (χ0v) is 19.5. The van der Waals surface area contributed by atoms with Crippen LogP contribution in [0.1, 0.15) is 19.3 Å². The molecule has 2 unspecified atom stereocenters. The van der Waals surface area contributed by atoms with Gasteiger partial charge in [0.15, 0.2) is 0 Å². The first-order valence-electron chi connectivity index (χ1n) is 6.24. The number of rotatable bonds is 3. The van der Waals surface area contributed by atoms with Gasteiger partial charge in [0.2, 0.25) is 0 Å². The molecule has 1 saturated carbocycles. The van der Waals surface area contributed by atoms with Crippen LogP contribution < -0.4 is 0 Å². The van der Waals surface area contributed by atoms with Crippen LogP contribution in [0, 0.1) is 7.43 Å². The number of alkyl halides is 1. The predicted molar refractivity (Wildman–Crippen MR) is 98.0 cm³/mol. The van der Waals surface area contributed by atoms with Gasteiger partial charge in [-0.3, -0.25) is 0 Å². The Labute approximate surface area is 155 Å². The number of hydrogen-bond acceptors (Lipinski definition) is 0. The molecule has 112 valence electrons. The Kier molecular flexibility index (Phi) is 33.0. The molecule has 1 fully saturated rings. The maximum atomic E-state index is 4.21. The molecular formula is C13H31BHfIN3. The molecule has 0 radical (unpaired) electrons. The van der Waals surface area contributed by atoms with E-state index in [0.717, 1.165) is 22.9 Å². The van der Waals surface area contributed by atoms with Gasteiger partial charge in [-0.15, -0.1) is 0 Å². The van der Waals surface area contributed by atoms with E-state index in [0.29, 0.717) is 0 Å². The van der Waals surface area contributed by atoms with E-state index in [9.17, 15) is 0 Å². The summed E-state index contributed by atoms with van der Waals surface area (Å²) in [5.74, 6) is 0.944. The van der Waals surface area contributed by atoms with Gasteiger partial charge in [-0.05, 0) is 6.42 Å². The Morgan fingerprint density at radius 1 is 1.05 bits per heavy atom. The molecule has 1 rings (SSSR count). The summed E-state index contributed by atoms with van der Waals surface area (Å²) in [5.41, 5.74) is 0. The number of halogens is 1. The smallest absolute Gasteiger partial charge is 0.671 e. The van der Waals surface area contributed by atoms with Gasteiger partial charge in [0.25, 0.3) is 0 Å². The van der Waals surface area contributed by atoms with E-state index in [1.54, 1.807) is 28.2 Å². The van der Waals surface area contributed by atoms with Crippen molar-refractivity contribution in [2.75, 3.05) is 41.7 Å². The minimum atomic E-state index is 0. The Morgan fingerprint density at radius 3 is 1.74 bits per heavy atom. The summed E-state index contributed by atoms with van der Waals surface area (Å²) < 4.78 is 0.921. The van der Waals surface area contributed by atoms with Crippen molar-refractivity contribution in [1.82, 2.24) is 0 Å². The van der Waals surface area contributed by atoms with E-state index < -0.39 is 0 Å². The molecule has 3 nitrogen and oxygen atoms in total. The number of hydrogen-bond donors (Lipinski definition) is 0. The van der Waals surface area contributed by atoms with Crippen LogP contribution in [-0.2, 0) is 25.8 Å². The third kappa shape index (κ3) is 17.5. The normalized spacial score (nSPS) is 19.7. The SMILES string of the molecule is C[N-]C.C[N-]C.C[N-]CB(C)C1CCCC1I.[CH3-].[Hf+4]. The Bertz CT molecular complexity index is 154. The second-order valence-electron chi connectivity index (χ2n) is 4.48. The minimum absolute atomic E-state index is 0. The molecular weight excluding hydrogens is 514 g/mol. The van der Waals surface area contributed by atoms with E-state index in [1.165, 1.54) is 19.3 Å². The standard InChI is InChI=1S/C8H16BIN.2C2H6N.CH3.Hf/c1-9(6-11-2)7-4-3-5-8(7)10;2*1-3-2;;/h7-8H,3-6H2,1-2H3;2*1-2H3;1H3;/q4*-1;+4. The minimum Gasteiger partial charge on any atom is -0.671 e. The van der Waals surface area contributed by atoms with E-state index in [4.69, 9.17) is 0 Å². The van der Waals surface area contributed by atoms with E-state index in [1.807, 2.05) is 7.05 Å². The van der Waals surface area contributed by atoms with Crippen LogP contribution in [0.3, 0.4) is 0 Å². The summed E-state index contributed by atoms with van der Waals surface area (Å²) in [6.07, 6.45) is 5.36. The monoisotopic (exact) mass is 547 g/mol. The van der Waals surface area contributed by atoms with Crippen LogP contribution in [0.5, 0.6) is 0 Å². The van der Waals surface area contributed by atoms with Crippen molar-refractivity contribution >= 4 is 29.3 Å². The third-order valence-corrected chi connectivity index (χ3v) is 4.23. The van der Waals surface area contributed by atoms with Gasteiger partial charge < -0.3 is 23.4 Å². The van der Waals surface area contributed by atoms with Crippen molar-refractivity contribution in [3.05, 3.63) is 23.4 Å². The fourth-order valence-electron chi connectivity index (χ4n) is 2.01. The second kappa shape index (κ2) is 21.8. The fraction of sp³-hybridized carbons (Fsp3) is 0.923. The van der Waals surface area contributed by atoms with Crippen LogP contribution in [0.15, 0.2) is 0 Å². The second-order valence-corrected chi connectivity index (χ2v) is 6.08. The van der Waals surface area contributed by atoms with E-state index in [-0.39, 0.29) is 33.3 Å². The maximum absolute atomic E-state index is 4.21. The summed E-state index contributed by atoms with van der Waals surface area (Å²) in [5, 5.41) is 11.2. The van der Waals surface area contributed by atoms with Crippen molar-refractivity contribution in [2.45, 2.75) is 35.8 Å². The molecule has 1 aliphatic carbocycles. The van der Waals surface area contributed by atoms with Gasteiger partial charge in [-0.25, -0.2) is 0 Å². The van der Waals surface area contributed by atoms with Crippen LogP contribution >= 0.6 is 22.6 Å². The molecule has 2 atom stereocenters. The Morgan fingerprint density at radius 2 is 1.47 bits per heavy atom. The van der Waals surface area contributed by atoms with Gasteiger partial charge in [0.1, 0.15) is 6.71 Å². The topological polar surface area (TPSA) is 42.3 Å². The molecule has 0 aromatic carbocycles. The van der Waals surface area contributed by atoms with E-state index >= 15 is 0 Å². The third-order valence-electron chi connectivity index (χ3n) is 2.68. The fourth-order valence-corrected chi connectivity index (χ4v) is 3.52. The average Bonchev–Trinajstić information content (AvgIpc) is 2.67. The van der Waals surface area contributed by atoms with Crippen LogP contribution in [0.4, 0.5) is 0 Å². The zero-order valence-electron chi connectivity index (χ0n) is 13.8. The first-order chi connectivity index (χ1) is 8.08. The predicted octanol–water partition coefficient (Wildman–Crippen LogP) is 4.70. The summed E-state index contributed by atoms with van der Waals surface area (Å²) in [4.78, 5) is 0. The molecule has 0 saturated heterocycles. The molecule has 0 aromatic heterocycles. The Hall–Kier alpha value is 1.55. The molecule has 0 N–H and O–H groups in total. The van der Waals surface area contributed by atoms with Gasteiger partial charge in [-0.1, -0.05) is 48.1 Å². The van der Waals surface area contributed by atoms with Gasteiger partial charge >= 0.3 is 25.8 Å². The molecule has 0 aromatic rings. The molecule has 0 bridgehead atoms. The first-order valence-corrected chi connectivity index (χ1v) is 7.48. The van der Waals surface area contributed by atoms with Crippen molar-refractivity contribution < 1.29 is 25.8 Å². The largest absolute Gasteiger partial charge is 4.00 e. The quantitative estimate of drug-likeness (QED) is 0.214. The molecule has 1 aliphatic rings. The van der Waals surface area contributed by atoms with Crippen molar-refractivity contribution in [2.24, 2.45) is 0 Å². The maximum Gasteiger partial charge on any atom is 4.00 e. The molecule has 0 aliphatic heterocycles. The van der Waals surface area contributed by atoms with Crippen molar-refractivity contribution in [3.8, 4) is 0 Å². The van der Waals surface area contributed by atoms with Gasteiger partial charge in [-0.2, -0.15) is 41.7 Å². The van der Waals surface area contributed by atoms with Gasteiger partial charge in [0, 0.05) is 3.92 Å². The Balaban J connectivity index is -0.000000122. The van der Waals surface area contributed by atoms with Gasteiger partial charge in [0.05, 0.1) is 0 Å². The molecule has 6 heteroatoms. The summed E-state index contributed by atoms with van der Waals surface area (Å²) in [6.45, 7) is 3.15. The molecule has 0 heterocycles. The summed E-state index contributed by atoms with van der Waals surface area (Å²) in [6, 6.07) is 0. The summed E-state index contributed by atoms with van der Waals surface area (Å²) in [7, 11) is 8.92. The molecule has 0 amide bonds. The van der Waals surface area contributed by atoms with Crippen LogP contribution in [0.25, 0.3) is 16.0 Å². The van der Waals surface area contributed by atoms with Crippen LogP contribution in [0.2, 0.25) is 12.6 Å². The first kappa shape index (κ1) is 28.7. The van der Waals surface area contributed by atoms with Crippen molar-refractivity contribution in [3.63, 3.8) is 0 Å². The van der Waals surface area contributed by atoms with Crippen molar-refractivity contribution in [1.29, 1.82) is 0 Å². The molecule has 0 spiro atoms. The zero-order chi connectivity index (χ0) is 13.7. The summed E-state index contributed by atoms with van der Waals surface area (Å²) >= 11 is 2.61. The van der Waals surface area contributed by atoms with Crippen LogP contribution in [-0.4, -0.2) is 52.3 Å². The average molecular weight is 546 g/mol. The van der Waals surface area contributed by atoms with E-state index in [2.05, 4.69) is 45.4 Å². The molecule has 19 heavy (non-hydrogen) atoms. The number of nitrogens with zero attached hydrogens (tertiary/aromatic N) is 3.